The topological polar surface area (TPSA) is 26.3 Å². The van der Waals surface area contributed by atoms with Crippen molar-refractivity contribution in [1.82, 2.24) is 0 Å². The Hall–Kier alpha value is -0.790. The third-order valence-corrected chi connectivity index (χ3v) is 1.26. The van der Waals surface area contributed by atoms with E-state index < -0.39 is 0 Å². The van der Waals surface area contributed by atoms with Gasteiger partial charge in [-0.3, -0.25) is 4.79 Å². The normalized spacial score (nSPS) is 13.0. The van der Waals surface area contributed by atoms with Gasteiger partial charge in [-0.2, -0.15) is 0 Å². The maximum Gasteiger partial charge on any atom is 0.307 e. The minimum absolute atomic E-state index is 0.0829. The highest BCUT2D eigenvalue weighted by atomic mass is 16.5. The van der Waals surface area contributed by atoms with Crippen molar-refractivity contribution in [2.24, 2.45) is 5.41 Å². The van der Waals surface area contributed by atoms with Gasteiger partial charge in [0.2, 0.25) is 0 Å². The molecule has 0 saturated heterocycles. The van der Waals surface area contributed by atoms with E-state index >= 15 is 0 Å². The highest BCUT2D eigenvalue weighted by Gasteiger charge is 2.18. The summed E-state index contributed by atoms with van der Waals surface area (Å²) in [5, 5.41) is 0. The fourth-order valence-corrected chi connectivity index (χ4v) is 0.800. The van der Waals surface area contributed by atoms with Crippen LogP contribution in [0, 0.1) is 5.41 Å². The summed E-state index contributed by atoms with van der Waals surface area (Å²) in [5.74, 6) is 0.470. The Morgan fingerprint density at radius 3 is 1.91 bits per heavy atom. The van der Waals surface area contributed by atoms with Gasteiger partial charge < -0.3 is 4.74 Å². The predicted octanol–water partition coefficient (Wildman–Crippen LogP) is 2.50. The monoisotopic (exact) mass is 156 g/mol. The van der Waals surface area contributed by atoms with Crippen LogP contribution in [-0.2, 0) is 9.53 Å². The van der Waals surface area contributed by atoms with Gasteiger partial charge in [0.15, 0.2) is 0 Å². The van der Waals surface area contributed by atoms with Crippen LogP contribution in [0.4, 0.5) is 0 Å². The van der Waals surface area contributed by atoms with E-state index in [4.69, 9.17) is 4.74 Å². The number of rotatable bonds is 1. The molecule has 0 aliphatic carbocycles. The lowest BCUT2D eigenvalue weighted by Crippen LogP contribution is -2.14. The molecule has 0 aromatic heterocycles. The lowest BCUT2D eigenvalue weighted by molar-refractivity contribution is -0.138. The fourth-order valence-electron chi connectivity index (χ4n) is 0.800. The molecule has 0 amide bonds. The number of esters is 1. The Kier molecular flexibility index (Phi) is 3.30. The molecule has 11 heavy (non-hydrogen) atoms. The van der Waals surface area contributed by atoms with Gasteiger partial charge in [0.25, 0.3) is 0 Å². The van der Waals surface area contributed by atoms with Crippen LogP contribution in [0.5, 0.6) is 0 Å². The first-order chi connectivity index (χ1) is 4.88. The molecule has 0 aromatic rings. The lowest BCUT2D eigenvalue weighted by atomic mass is 9.94. The van der Waals surface area contributed by atoms with Crippen LogP contribution in [0.25, 0.3) is 0 Å². The molecule has 0 unspecified atom stereocenters. The molecule has 64 valence electrons. The molecule has 0 N–H and O–H groups in total. The Morgan fingerprint density at radius 2 is 1.82 bits per heavy atom. The highest BCUT2D eigenvalue weighted by Crippen LogP contribution is 2.25. The summed E-state index contributed by atoms with van der Waals surface area (Å²) in [5.41, 5.74) is -0.0829. The van der Waals surface area contributed by atoms with E-state index in [1.165, 1.54) is 6.92 Å². The third kappa shape index (κ3) is 3.81. The van der Waals surface area contributed by atoms with Gasteiger partial charge in [0.05, 0.1) is 0 Å². The van der Waals surface area contributed by atoms with Crippen molar-refractivity contribution in [3.8, 4) is 0 Å². The first kappa shape index (κ1) is 10.2. The molecule has 0 bridgehead atoms. The van der Waals surface area contributed by atoms with Crippen LogP contribution < -0.4 is 0 Å². The van der Waals surface area contributed by atoms with Gasteiger partial charge in [0, 0.05) is 12.3 Å². The first-order valence-corrected chi connectivity index (χ1v) is 3.73. The summed E-state index contributed by atoms with van der Waals surface area (Å²) in [7, 11) is 0. The molecule has 0 rings (SSSR count). The molecule has 2 nitrogen and oxygen atoms in total. The molecule has 0 radical (unpaired) electrons. The van der Waals surface area contributed by atoms with Crippen molar-refractivity contribution in [3.05, 3.63) is 11.8 Å². The second kappa shape index (κ2) is 3.56. The van der Waals surface area contributed by atoms with Crippen molar-refractivity contribution in [1.29, 1.82) is 0 Å². The lowest BCUT2D eigenvalue weighted by Gasteiger charge is -2.20. The zero-order valence-electron chi connectivity index (χ0n) is 7.89. The molecule has 0 aliphatic heterocycles. The third-order valence-electron chi connectivity index (χ3n) is 1.26. The largest absolute Gasteiger partial charge is 0.431 e. The number of ether oxygens (including phenoxy) is 1. The van der Waals surface area contributed by atoms with E-state index in [9.17, 15) is 4.79 Å². The molecule has 0 heterocycles. The smallest absolute Gasteiger partial charge is 0.307 e. The maximum absolute atomic E-state index is 10.6. The van der Waals surface area contributed by atoms with Gasteiger partial charge in [0.1, 0.15) is 5.76 Å². The molecule has 0 aliphatic rings. The average molecular weight is 156 g/mol. The number of hydrogen-bond acceptors (Lipinski definition) is 2. The summed E-state index contributed by atoms with van der Waals surface area (Å²) in [6, 6.07) is 0. The van der Waals surface area contributed by atoms with Gasteiger partial charge >= 0.3 is 5.97 Å². The van der Waals surface area contributed by atoms with Gasteiger partial charge in [-0.1, -0.05) is 20.8 Å². The first-order valence-electron chi connectivity index (χ1n) is 3.73. The fraction of sp³-hybridized carbons (Fsp3) is 0.667. The van der Waals surface area contributed by atoms with Gasteiger partial charge in [-0.15, -0.1) is 0 Å². The van der Waals surface area contributed by atoms with Crippen molar-refractivity contribution < 1.29 is 9.53 Å². The zero-order chi connectivity index (χ0) is 9.07. The predicted molar refractivity (Wildman–Crippen MR) is 45.0 cm³/mol. The summed E-state index contributed by atoms with van der Waals surface area (Å²) in [4.78, 5) is 10.6. The van der Waals surface area contributed by atoms with E-state index in [1.807, 2.05) is 33.8 Å². The second-order valence-electron chi connectivity index (χ2n) is 3.50. The minimum Gasteiger partial charge on any atom is -0.431 e. The summed E-state index contributed by atoms with van der Waals surface area (Å²) in [6.07, 6.45) is 1.82. The van der Waals surface area contributed by atoms with E-state index in [1.54, 1.807) is 0 Å². The van der Waals surface area contributed by atoms with Crippen molar-refractivity contribution >= 4 is 5.97 Å². The van der Waals surface area contributed by atoms with Crippen LogP contribution in [0.1, 0.15) is 34.6 Å². The molecule has 2 heteroatoms. The van der Waals surface area contributed by atoms with E-state index in [0.717, 1.165) is 5.76 Å². The molecule has 0 aromatic carbocycles. The van der Waals surface area contributed by atoms with Crippen molar-refractivity contribution in [2.75, 3.05) is 0 Å². The quantitative estimate of drug-likeness (QED) is 0.430. The van der Waals surface area contributed by atoms with Crippen LogP contribution >= 0.6 is 0 Å². The van der Waals surface area contributed by atoms with Crippen LogP contribution in [-0.4, -0.2) is 5.97 Å². The van der Waals surface area contributed by atoms with E-state index in [2.05, 4.69) is 0 Å². The Morgan fingerprint density at radius 1 is 1.36 bits per heavy atom. The number of allylic oxidation sites excluding steroid dienone is 2. The minimum atomic E-state index is -0.256. The Labute approximate surface area is 68.2 Å². The van der Waals surface area contributed by atoms with Crippen LogP contribution in [0.2, 0.25) is 0 Å². The molecular formula is C9H16O2. The summed E-state index contributed by atoms with van der Waals surface area (Å²) in [6.45, 7) is 9.29. The SMILES string of the molecule is C/C=C(/OC(C)=O)C(C)(C)C. The number of carbonyl (C=O) groups excluding carboxylic acids is 1. The number of carbonyl (C=O) groups is 1. The standard InChI is InChI=1S/C9H16O2/c1-6-8(9(3,4)5)11-7(2)10/h6H,1-5H3/b8-6+. The zero-order valence-corrected chi connectivity index (χ0v) is 7.89. The van der Waals surface area contributed by atoms with Crippen LogP contribution in [0.3, 0.4) is 0 Å². The average Bonchev–Trinajstić information content (AvgIpc) is 1.79. The van der Waals surface area contributed by atoms with Gasteiger partial charge in [-0.05, 0) is 13.0 Å². The maximum atomic E-state index is 10.6. The van der Waals surface area contributed by atoms with E-state index in [0.29, 0.717) is 0 Å². The van der Waals surface area contributed by atoms with Crippen LogP contribution in [0.15, 0.2) is 11.8 Å². The summed E-state index contributed by atoms with van der Waals surface area (Å²) >= 11 is 0. The highest BCUT2D eigenvalue weighted by molar-refractivity contribution is 5.67. The molecule has 0 saturated carbocycles. The second-order valence-corrected chi connectivity index (χ2v) is 3.50. The Bertz CT molecular complexity index is 172. The Balaban J connectivity index is 4.33. The molecule has 0 fully saturated rings. The molecule has 0 atom stereocenters. The van der Waals surface area contributed by atoms with E-state index in [-0.39, 0.29) is 11.4 Å². The van der Waals surface area contributed by atoms with Crippen molar-refractivity contribution in [2.45, 2.75) is 34.6 Å². The van der Waals surface area contributed by atoms with Gasteiger partial charge in [-0.25, -0.2) is 0 Å². The molecule has 0 spiro atoms. The van der Waals surface area contributed by atoms with Crippen molar-refractivity contribution in [3.63, 3.8) is 0 Å². The number of hydrogen-bond donors (Lipinski definition) is 0. The molecular weight excluding hydrogens is 140 g/mol. The summed E-state index contributed by atoms with van der Waals surface area (Å²) < 4.78 is 4.99.